The Morgan fingerprint density at radius 2 is 1.94 bits per heavy atom. The highest BCUT2D eigenvalue weighted by Crippen LogP contribution is 2.36. The molecule has 16 heavy (non-hydrogen) atoms. The van der Waals surface area contributed by atoms with Crippen LogP contribution in [0.15, 0.2) is 24.8 Å². The van der Waals surface area contributed by atoms with Crippen molar-refractivity contribution in [2.45, 2.75) is 12.6 Å². The zero-order valence-electron chi connectivity index (χ0n) is 8.30. The molecule has 1 aromatic rings. The number of allylic oxidation sites excluding steroid dienone is 1. The smallest absolute Gasteiger partial charge is 0.393 e. The summed E-state index contributed by atoms with van der Waals surface area (Å²) in [6.07, 6.45) is -5.26. The minimum Gasteiger partial charge on any atom is -0.454 e. The summed E-state index contributed by atoms with van der Waals surface area (Å²) in [5, 5.41) is 0. The summed E-state index contributed by atoms with van der Waals surface area (Å²) in [6.45, 7) is 3.52. The fourth-order valence-electron chi connectivity index (χ4n) is 1.46. The Bertz CT molecular complexity index is 424. The zero-order valence-corrected chi connectivity index (χ0v) is 8.30. The highest BCUT2D eigenvalue weighted by molar-refractivity contribution is 5.66. The molecule has 0 amide bonds. The normalized spacial score (nSPS) is 13.9. The largest absolute Gasteiger partial charge is 0.454 e. The van der Waals surface area contributed by atoms with Crippen molar-refractivity contribution in [2.24, 2.45) is 0 Å². The Morgan fingerprint density at radius 3 is 2.62 bits per heavy atom. The van der Waals surface area contributed by atoms with Crippen LogP contribution in [0.5, 0.6) is 11.5 Å². The maximum absolute atomic E-state index is 12.1. The quantitative estimate of drug-likeness (QED) is 0.775. The molecule has 1 aliphatic rings. The molecule has 5 heteroatoms. The van der Waals surface area contributed by atoms with E-state index in [2.05, 4.69) is 6.58 Å². The summed E-state index contributed by atoms with van der Waals surface area (Å²) in [6, 6.07) is 4.64. The van der Waals surface area contributed by atoms with Crippen LogP contribution in [-0.2, 0) is 0 Å². The lowest BCUT2D eigenvalue weighted by molar-refractivity contribution is -0.122. The first kappa shape index (κ1) is 10.9. The molecule has 0 fully saturated rings. The fraction of sp³-hybridized carbons (Fsp3) is 0.273. The van der Waals surface area contributed by atoms with E-state index in [0.29, 0.717) is 17.1 Å². The summed E-state index contributed by atoms with van der Waals surface area (Å²) in [5.74, 6) is 1.00. The number of fused-ring (bicyclic) bond motifs is 1. The van der Waals surface area contributed by atoms with E-state index in [9.17, 15) is 13.2 Å². The molecule has 2 nitrogen and oxygen atoms in total. The molecule has 0 unspecified atom stereocenters. The first-order valence-corrected chi connectivity index (χ1v) is 4.60. The van der Waals surface area contributed by atoms with Crippen molar-refractivity contribution in [3.05, 3.63) is 30.3 Å². The van der Waals surface area contributed by atoms with E-state index in [1.165, 1.54) is 6.07 Å². The van der Waals surface area contributed by atoms with Crippen LogP contribution >= 0.6 is 0 Å². The average Bonchev–Trinajstić information content (AvgIpc) is 2.61. The Labute approximate surface area is 90.3 Å². The van der Waals surface area contributed by atoms with Gasteiger partial charge in [0.05, 0.1) is 6.42 Å². The first-order valence-electron chi connectivity index (χ1n) is 4.60. The Morgan fingerprint density at radius 1 is 1.25 bits per heavy atom. The number of alkyl halides is 3. The molecule has 1 aliphatic heterocycles. The molecule has 0 atom stereocenters. The summed E-state index contributed by atoms with van der Waals surface area (Å²) in [4.78, 5) is 0. The van der Waals surface area contributed by atoms with Gasteiger partial charge in [0.15, 0.2) is 11.5 Å². The van der Waals surface area contributed by atoms with Gasteiger partial charge in [0.25, 0.3) is 0 Å². The number of hydrogen-bond donors (Lipinski definition) is 0. The van der Waals surface area contributed by atoms with Crippen LogP contribution in [0.1, 0.15) is 12.0 Å². The minimum absolute atomic E-state index is 0.0193. The summed E-state index contributed by atoms with van der Waals surface area (Å²) >= 11 is 0. The number of benzene rings is 1. The second-order valence-corrected chi connectivity index (χ2v) is 3.46. The van der Waals surface area contributed by atoms with Crippen LogP contribution in [0, 0.1) is 0 Å². The van der Waals surface area contributed by atoms with E-state index in [1.807, 2.05) is 0 Å². The number of ether oxygens (including phenoxy) is 2. The Balaban J connectivity index is 2.19. The molecular formula is C11H9F3O2. The highest BCUT2D eigenvalue weighted by Gasteiger charge is 2.29. The lowest BCUT2D eigenvalue weighted by atomic mass is 10.0. The molecule has 0 N–H and O–H groups in total. The van der Waals surface area contributed by atoms with Gasteiger partial charge < -0.3 is 9.47 Å². The number of rotatable bonds is 2. The van der Waals surface area contributed by atoms with E-state index < -0.39 is 12.6 Å². The van der Waals surface area contributed by atoms with Crippen molar-refractivity contribution >= 4 is 5.57 Å². The van der Waals surface area contributed by atoms with Crippen molar-refractivity contribution < 1.29 is 22.6 Å². The number of hydrogen-bond acceptors (Lipinski definition) is 2. The van der Waals surface area contributed by atoms with Crippen LogP contribution in [0.25, 0.3) is 5.57 Å². The average molecular weight is 230 g/mol. The molecule has 0 aromatic heterocycles. The van der Waals surface area contributed by atoms with E-state index in [-0.39, 0.29) is 12.4 Å². The van der Waals surface area contributed by atoms with Crippen molar-refractivity contribution in [3.63, 3.8) is 0 Å². The van der Waals surface area contributed by atoms with Crippen LogP contribution in [-0.4, -0.2) is 13.0 Å². The second kappa shape index (κ2) is 3.73. The van der Waals surface area contributed by atoms with Gasteiger partial charge in [-0.25, -0.2) is 0 Å². The molecule has 0 bridgehead atoms. The van der Waals surface area contributed by atoms with Crippen molar-refractivity contribution in [3.8, 4) is 11.5 Å². The molecule has 2 rings (SSSR count). The third-order valence-corrected chi connectivity index (χ3v) is 2.19. The third-order valence-electron chi connectivity index (χ3n) is 2.19. The van der Waals surface area contributed by atoms with Gasteiger partial charge in [0.1, 0.15) is 0 Å². The molecule has 1 heterocycles. The van der Waals surface area contributed by atoms with E-state index in [0.717, 1.165) is 0 Å². The second-order valence-electron chi connectivity index (χ2n) is 3.46. The molecular weight excluding hydrogens is 221 g/mol. The summed E-state index contributed by atoms with van der Waals surface area (Å²) in [5.41, 5.74) is 0.437. The Kier molecular flexibility index (Phi) is 2.53. The van der Waals surface area contributed by atoms with Gasteiger partial charge in [-0.05, 0) is 23.3 Å². The van der Waals surface area contributed by atoms with Crippen molar-refractivity contribution in [1.82, 2.24) is 0 Å². The molecule has 0 radical (unpaired) electrons. The standard InChI is InChI=1S/C11H9F3O2/c1-7(5-11(12,13)14)8-2-3-9-10(4-8)16-6-15-9/h2-4H,1,5-6H2. The predicted octanol–water partition coefficient (Wildman–Crippen LogP) is 3.38. The topological polar surface area (TPSA) is 18.5 Å². The van der Waals surface area contributed by atoms with Crippen LogP contribution in [0.2, 0.25) is 0 Å². The molecule has 0 saturated carbocycles. The van der Waals surface area contributed by atoms with Crippen LogP contribution in [0.4, 0.5) is 13.2 Å². The SMILES string of the molecule is C=C(CC(F)(F)F)c1ccc2c(c1)OCO2. The maximum Gasteiger partial charge on any atom is 0.393 e. The van der Waals surface area contributed by atoms with Gasteiger partial charge >= 0.3 is 6.18 Å². The molecule has 86 valence electrons. The first-order chi connectivity index (χ1) is 7.46. The van der Waals surface area contributed by atoms with Gasteiger partial charge in [0, 0.05) is 0 Å². The van der Waals surface area contributed by atoms with Gasteiger partial charge in [0.2, 0.25) is 6.79 Å². The van der Waals surface area contributed by atoms with Crippen molar-refractivity contribution in [2.75, 3.05) is 6.79 Å². The molecule has 0 aliphatic carbocycles. The summed E-state index contributed by atoms with van der Waals surface area (Å²) < 4.78 is 46.6. The number of halogens is 3. The van der Waals surface area contributed by atoms with Crippen LogP contribution in [0.3, 0.4) is 0 Å². The van der Waals surface area contributed by atoms with Gasteiger partial charge in [-0.15, -0.1) is 0 Å². The van der Waals surface area contributed by atoms with Gasteiger partial charge in [-0.2, -0.15) is 13.2 Å². The minimum atomic E-state index is -4.24. The molecule has 0 spiro atoms. The lowest BCUT2D eigenvalue weighted by Gasteiger charge is -2.09. The van der Waals surface area contributed by atoms with E-state index in [4.69, 9.17) is 9.47 Å². The van der Waals surface area contributed by atoms with Crippen LogP contribution < -0.4 is 9.47 Å². The third kappa shape index (κ3) is 2.29. The van der Waals surface area contributed by atoms with Gasteiger partial charge in [-0.1, -0.05) is 12.6 Å². The zero-order chi connectivity index (χ0) is 11.8. The highest BCUT2D eigenvalue weighted by atomic mass is 19.4. The Hall–Kier alpha value is -1.65. The van der Waals surface area contributed by atoms with E-state index in [1.54, 1.807) is 12.1 Å². The molecule has 1 aromatic carbocycles. The lowest BCUT2D eigenvalue weighted by Crippen LogP contribution is -2.07. The maximum atomic E-state index is 12.1. The van der Waals surface area contributed by atoms with Gasteiger partial charge in [-0.3, -0.25) is 0 Å². The molecule has 0 saturated heterocycles. The monoisotopic (exact) mass is 230 g/mol. The predicted molar refractivity (Wildman–Crippen MR) is 52.3 cm³/mol. The van der Waals surface area contributed by atoms with Crippen molar-refractivity contribution in [1.29, 1.82) is 0 Å². The van der Waals surface area contributed by atoms with E-state index >= 15 is 0 Å². The fourth-order valence-corrected chi connectivity index (χ4v) is 1.46. The summed E-state index contributed by atoms with van der Waals surface area (Å²) in [7, 11) is 0.